The third-order valence-corrected chi connectivity index (χ3v) is 8.11. The Bertz CT molecular complexity index is 782. The Morgan fingerprint density at radius 2 is 1.97 bits per heavy atom. The Labute approximate surface area is 179 Å². The highest BCUT2D eigenvalue weighted by Crippen LogP contribution is 2.43. The van der Waals surface area contributed by atoms with Gasteiger partial charge in [0.1, 0.15) is 0 Å². The van der Waals surface area contributed by atoms with E-state index in [0.717, 1.165) is 56.9 Å². The molecule has 2 heterocycles. The van der Waals surface area contributed by atoms with Crippen molar-refractivity contribution < 1.29 is 22.7 Å². The summed E-state index contributed by atoms with van der Waals surface area (Å²) in [6.07, 6.45) is 2.75. The number of ether oxygens (including phenoxy) is 1. The van der Waals surface area contributed by atoms with E-state index in [0.29, 0.717) is 30.6 Å². The molecular weight excluding hydrogens is 413 g/mol. The van der Waals surface area contributed by atoms with E-state index >= 15 is 0 Å². The molecule has 1 aliphatic carbocycles. The predicted molar refractivity (Wildman–Crippen MR) is 111 cm³/mol. The zero-order chi connectivity index (χ0) is 21.4. The first-order valence-corrected chi connectivity index (χ1v) is 11.9. The van der Waals surface area contributed by atoms with Crippen LogP contribution >= 0.6 is 11.8 Å². The highest BCUT2D eigenvalue weighted by atomic mass is 32.2. The minimum Gasteiger partial charge on any atom is -0.381 e. The Morgan fingerprint density at radius 1 is 1.20 bits per heavy atom. The van der Waals surface area contributed by atoms with Gasteiger partial charge in [0.25, 0.3) is 0 Å². The summed E-state index contributed by atoms with van der Waals surface area (Å²) in [7, 11) is 0. The van der Waals surface area contributed by atoms with Gasteiger partial charge in [-0.2, -0.15) is 13.2 Å². The number of hydrogen-bond donors (Lipinski definition) is 1. The van der Waals surface area contributed by atoms with Crippen LogP contribution in [0.1, 0.15) is 48.8 Å². The molecule has 2 aliphatic heterocycles. The maximum Gasteiger partial charge on any atom is 0.416 e. The lowest BCUT2D eigenvalue weighted by molar-refractivity contribution is -0.137. The summed E-state index contributed by atoms with van der Waals surface area (Å²) in [5, 5.41) is 3.72. The van der Waals surface area contributed by atoms with E-state index < -0.39 is 16.5 Å². The molecule has 2 unspecified atom stereocenters. The van der Waals surface area contributed by atoms with Gasteiger partial charge < -0.3 is 15.0 Å². The largest absolute Gasteiger partial charge is 0.416 e. The van der Waals surface area contributed by atoms with Crippen LogP contribution in [0.4, 0.5) is 13.2 Å². The van der Waals surface area contributed by atoms with Crippen LogP contribution in [0.25, 0.3) is 0 Å². The van der Waals surface area contributed by atoms with Gasteiger partial charge in [0, 0.05) is 38.4 Å². The molecule has 0 aromatic heterocycles. The van der Waals surface area contributed by atoms with Crippen LogP contribution in [0.15, 0.2) is 18.2 Å². The monoisotopic (exact) mass is 442 g/mol. The smallest absolute Gasteiger partial charge is 0.381 e. The van der Waals surface area contributed by atoms with E-state index in [1.54, 1.807) is 22.7 Å². The molecule has 4 rings (SSSR count). The van der Waals surface area contributed by atoms with Crippen LogP contribution < -0.4 is 5.32 Å². The molecule has 30 heavy (non-hydrogen) atoms. The summed E-state index contributed by atoms with van der Waals surface area (Å²) < 4.78 is 44.3. The molecule has 1 saturated carbocycles. The number of alkyl halides is 3. The number of rotatable bonds is 4. The van der Waals surface area contributed by atoms with E-state index in [4.69, 9.17) is 4.74 Å². The van der Waals surface area contributed by atoms with Crippen LogP contribution in [0.5, 0.6) is 0 Å². The standard InChI is InChI=1S/C22H29F3N2O2S/c1-30-21(8-4-19(13-21)26-18-6-10-29-11-7-18)20(28)27-9-5-15-2-3-17(22(23,24)25)12-16(15)14-27/h2-3,12,18-19,26H,4-11,13-14H2,1H3. The van der Waals surface area contributed by atoms with Crippen molar-refractivity contribution in [2.75, 3.05) is 26.0 Å². The number of amides is 1. The van der Waals surface area contributed by atoms with Gasteiger partial charge in [-0.15, -0.1) is 11.8 Å². The number of halogens is 3. The number of carbonyl (C=O) groups is 1. The SMILES string of the molecule is CSC1(C(=O)N2CCc3ccc(C(F)(F)F)cc3C2)CCC(NC2CCOCC2)C1. The zero-order valence-corrected chi connectivity index (χ0v) is 18.1. The van der Waals surface area contributed by atoms with Crippen LogP contribution in [0.3, 0.4) is 0 Å². The van der Waals surface area contributed by atoms with E-state index in [1.165, 1.54) is 6.07 Å². The lowest BCUT2D eigenvalue weighted by atomic mass is 9.95. The van der Waals surface area contributed by atoms with Crippen molar-refractivity contribution in [3.05, 3.63) is 34.9 Å². The second-order valence-corrected chi connectivity index (χ2v) is 9.84. The van der Waals surface area contributed by atoms with Crippen LogP contribution in [-0.4, -0.2) is 53.7 Å². The minimum atomic E-state index is -4.36. The van der Waals surface area contributed by atoms with Gasteiger partial charge in [-0.3, -0.25) is 4.79 Å². The summed E-state index contributed by atoms with van der Waals surface area (Å²) in [6.45, 7) is 2.39. The molecule has 1 aromatic rings. The lowest BCUT2D eigenvalue weighted by Crippen LogP contribution is -2.48. The fraction of sp³-hybridized carbons (Fsp3) is 0.682. The van der Waals surface area contributed by atoms with Crippen molar-refractivity contribution >= 4 is 17.7 Å². The van der Waals surface area contributed by atoms with Gasteiger partial charge >= 0.3 is 6.18 Å². The van der Waals surface area contributed by atoms with Gasteiger partial charge in [0.15, 0.2) is 0 Å². The Hall–Kier alpha value is -1.25. The van der Waals surface area contributed by atoms with Gasteiger partial charge in [0.05, 0.1) is 10.3 Å². The minimum absolute atomic E-state index is 0.0781. The number of hydrogen-bond acceptors (Lipinski definition) is 4. The van der Waals surface area contributed by atoms with Gasteiger partial charge in [-0.05, 0) is 68.0 Å². The van der Waals surface area contributed by atoms with Crippen LogP contribution in [0, 0.1) is 0 Å². The first-order chi connectivity index (χ1) is 14.3. The lowest BCUT2D eigenvalue weighted by Gasteiger charge is -2.37. The number of carbonyl (C=O) groups excluding carboxylic acids is 1. The van der Waals surface area contributed by atoms with E-state index in [2.05, 4.69) is 5.32 Å². The fourth-order valence-corrected chi connectivity index (χ4v) is 6.00. The Morgan fingerprint density at radius 3 is 2.67 bits per heavy atom. The molecule has 2 atom stereocenters. The molecule has 0 radical (unpaired) electrons. The van der Waals surface area contributed by atoms with E-state index in [-0.39, 0.29) is 12.5 Å². The third kappa shape index (κ3) is 4.50. The molecule has 4 nitrogen and oxygen atoms in total. The number of nitrogens with one attached hydrogen (secondary N) is 1. The van der Waals surface area contributed by atoms with Crippen molar-refractivity contribution in [1.29, 1.82) is 0 Å². The molecule has 3 aliphatic rings. The molecular formula is C22H29F3N2O2S. The maximum absolute atomic E-state index is 13.5. The normalized spacial score (nSPS) is 27.9. The van der Waals surface area contributed by atoms with Crippen molar-refractivity contribution in [3.63, 3.8) is 0 Å². The number of thioether (sulfide) groups is 1. The topological polar surface area (TPSA) is 41.6 Å². The number of benzene rings is 1. The van der Waals surface area contributed by atoms with Crippen molar-refractivity contribution in [3.8, 4) is 0 Å². The Balaban J connectivity index is 1.44. The molecule has 166 valence electrons. The summed E-state index contributed by atoms with van der Waals surface area (Å²) in [6, 6.07) is 4.67. The average Bonchev–Trinajstić information content (AvgIpc) is 3.16. The molecule has 0 spiro atoms. The quantitative estimate of drug-likeness (QED) is 0.765. The molecule has 8 heteroatoms. The molecule has 1 amide bonds. The summed E-state index contributed by atoms with van der Waals surface area (Å²) in [4.78, 5) is 15.3. The van der Waals surface area contributed by atoms with Crippen LogP contribution in [0.2, 0.25) is 0 Å². The third-order valence-electron chi connectivity index (χ3n) is 6.78. The highest BCUT2D eigenvalue weighted by Gasteiger charge is 2.47. The zero-order valence-electron chi connectivity index (χ0n) is 17.3. The number of nitrogens with zero attached hydrogens (tertiary/aromatic N) is 1. The summed E-state index contributed by atoms with van der Waals surface area (Å²) >= 11 is 1.60. The second-order valence-electron chi connectivity index (χ2n) is 8.65. The molecule has 0 bridgehead atoms. The first kappa shape index (κ1) is 22.0. The fourth-order valence-electron chi connectivity index (χ4n) is 5.01. The average molecular weight is 443 g/mol. The van der Waals surface area contributed by atoms with Gasteiger partial charge in [-0.1, -0.05) is 6.07 Å². The van der Waals surface area contributed by atoms with Gasteiger partial charge in [0.2, 0.25) is 5.91 Å². The highest BCUT2D eigenvalue weighted by molar-refractivity contribution is 8.00. The van der Waals surface area contributed by atoms with Crippen molar-refractivity contribution in [2.45, 2.75) is 68.1 Å². The second kappa shape index (κ2) is 8.71. The number of fused-ring (bicyclic) bond motifs is 1. The summed E-state index contributed by atoms with van der Waals surface area (Å²) in [5.74, 6) is 0.0781. The Kier molecular flexibility index (Phi) is 6.38. The summed E-state index contributed by atoms with van der Waals surface area (Å²) in [5.41, 5.74) is 0.892. The first-order valence-electron chi connectivity index (χ1n) is 10.7. The molecule has 1 aromatic carbocycles. The molecule has 2 fully saturated rings. The van der Waals surface area contributed by atoms with E-state index in [9.17, 15) is 18.0 Å². The van der Waals surface area contributed by atoms with Crippen LogP contribution in [-0.2, 0) is 28.7 Å². The van der Waals surface area contributed by atoms with Crippen molar-refractivity contribution in [2.24, 2.45) is 0 Å². The molecule has 1 N–H and O–H groups in total. The van der Waals surface area contributed by atoms with Gasteiger partial charge in [-0.25, -0.2) is 0 Å². The predicted octanol–water partition coefficient (Wildman–Crippen LogP) is 4.01. The van der Waals surface area contributed by atoms with Crippen molar-refractivity contribution in [1.82, 2.24) is 10.2 Å². The molecule has 1 saturated heterocycles. The van der Waals surface area contributed by atoms with E-state index in [1.807, 2.05) is 6.26 Å². The maximum atomic E-state index is 13.5.